The fraction of sp³-hybridized carbons (Fsp3) is 0.278. The van der Waals surface area contributed by atoms with E-state index in [2.05, 4.69) is 15.5 Å². The van der Waals surface area contributed by atoms with E-state index in [4.69, 9.17) is 4.42 Å². The third-order valence-electron chi connectivity index (χ3n) is 3.83. The third kappa shape index (κ3) is 3.76. The minimum absolute atomic E-state index is 0.0668. The summed E-state index contributed by atoms with van der Waals surface area (Å²) in [7, 11) is 0. The van der Waals surface area contributed by atoms with Crippen LogP contribution in [0, 0.1) is 6.92 Å². The summed E-state index contributed by atoms with van der Waals surface area (Å²) in [6.07, 6.45) is 1.64. The predicted molar refractivity (Wildman–Crippen MR) is 98.5 cm³/mol. The molecule has 0 aliphatic heterocycles. The van der Waals surface area contributed by atoms with Crippen LogP contribution in [0.5, 0.6) is 0 Å². The summed E-state index contributed by atoms with van der Waals surface area (Å²) in [6.45, 7) is 6.50. The Kier molecular flexibility index (Phi) is 5.23. The van der Waals surface area contributed by atoms with Crippen LogP contribution in [0.15, 0.2) is 52.2 Å². The minimum Gasteiger partial charge on any atom is -0.469 e. The summed E-state index contributed by atoms with van der Waals surface area (Å²) >= 11 is 1.39. The average molecular weight is 356 g/mol. The second-order valence-electron chi connectivity index (χ2n) is 5.56. The molecular formula is C18H20N4O2S. The predicted octanol–water partition coefficient (Wildman–Crippen LogP) is 3.99. The van der Waals surface area contributed by atoms with Crippen LogP contribution in [0.3, 0.4) is 0 Å². The molecule has 0 fully saturated rings. The molecule has 25 heavy (non-hydrogen) atoms. The highest BCUT2D eigenvalue weighted by atomic mass is 32.2. The largest absolute Gasteiger partial charge is 0.469 e. The van der Waals surface area contributed by atoms with Crippen LogP contribution < -0.4 is 5.32 Å². The first-order valence-electron chi connectivity index (χ1n) is 8.10. The Balaban J connectivity index is 1.75. The molecule has 0 saturated heterocycles. The van der Waals surface area contributed by atoms with Gasteiger partial charge in [-0.2, -0.15) is 0 Å². The lowest BCUT2D eigenvalue weighted by Gasteiger charge is -2.12. The Morgan fingerprint density at radius 3 is 2.68 bits per heavy atom. The lowest BCUT2D eigenvalue weighted by molar-refractivity contribution is -0.115. The lowest BCUT2D eigenvalue weighted by atomic mass is 10.2. The molecule has 1 aromatic carbocycles. The van der Waals surface area contributed by atoms with E-state index < -0.39 is 0 Å². The van der Waals surface area contributed by atoms with Crippen molar-refractivity contribution in [3.05, 3.63) is 48.4 Å². The molecule has 0 unspecified atom stereocenters. The van der Waals surface area contributed by atoms with Crippen molar-refractivity contribution in [2.24, 2.45) is 0 Å². The van der Waals surface area contributed by atoms with Crippen LogP contribution in [-0.4, -0.2) is 25.9 Å². The SMILES string of the molecule is CCn1c(S[C@H](C)C(=O)Nc2ccccc2)nnc1-c1ccoc1C. The fourth-order valence-electron chi connectivity index (χ4n) is 2.45. The zero-order valence-corrected chi connectivity index (χ0v) is 15.2. The molecule has 0 bridgehead atoms. The van der Waals surface area contributed by atoms with Crippen molar-refractivity contribution in [2.75, 3.05) is 5.32 Å². The lowest BCUT2D eigenvalue weighted by Crippen LogP contribution is -2.22. The maximum absolute atomic E-state index is 12.4. The van der Waals surface area contributed by atoms with E-state index in [1.807, 2.05) is 61.7 Å². The van der Waals surface area contributed by atoms with E-state index in [0.717, 1.165) is 22.8 Å². The Morgan fingerprint density at radius 1 is 1.28 bits per heavy atom. The first-order chi connectivity index (χ1) is 12.1. The van der Waals surface area contributed by atoms with E-state index >= 15 is 0 Å². The molecule has 2 aromatic heterocycles. The summed E-state index contributed by atoms with van der Waals surface area (Å²) in [5.74, 6) is 1.49. The van der Waals surface area contributed by atoms with Crippen molar-refractivity contribution in [3.8, 4) is 11.4 Å². The van der Waals surface area contributed by atoms with Crippen LogP contribution in [0.4, 0.5) is 5.69 Å². The first kappa shape index (κ1) is 17.3. The number of anilines is 1. The summed E-state index contributed by atoms with van der Waals surface area (Å²) in [5.41, 5.74) is 1.70. The van der Waals surface area contributed by atoms with Gasteiger partial charge in [0, 0.05) is 12.2 Å². The molecule has 1 amide bonds. The van der Waals surface area contributed by atoms with Crippen molar-refractivity contribution in [3.63, 3.8) is 0 Å². The van der Waals surface area contributed by atoms with Gasteiger partial charge in [0.25, 0.3) is 0 Å². The summed E-state index contributed by atoms with van der Waals surface area (Å²) in [6, 6.07) is 11.3. The topological polar surface area (TPSA) is 73.0 Å². The maximum Gasteiger partial charge on any atom is 0.237 e. The molecule has 1 N–H and O–H groups in total. The number of carbonyl (C=O) groups excluding carboxylic acids is 1. The Labute approximate surface area is 150 Å². The van der Waals surface area contributed by atoms with Gasteiger partial charge in [-0.15, -0.1) is 10.2 Å². The van der Waals surface area contributed by atoms with E-state index in [9.17, 15) is 4.79 Å². The van der Waals surface area contributed by atoms with Crippen LogP contribution in [0.1, 0.15) is 19.6 Å². The number of carbonyl (C=O) groups is 1. The van der Waals surface area contributed by atoms with Gasteiger partial charge in [-0.25, -0.2) is 0 Å². The number of benzene rings is 1. The minimum atomic E-state index is -0.298. The number of thioether (sulfide) groups is 1. The van der Waals surface area contributed by atoms with Crippen molar-refractivity contribution in [2.45, 2.75) is 37.7 Å². The molecule has 130 valence electrons. The highest BCUT2D eigenvalue weighted by Gasteiger charge is 2.21. The molecule has 0 radical (unpaired) electrons. The van der Waals surface area contributed by atoms with Crippen molar-refractivity contribution in [1.82, 2.24) is 14.8 Å². The Bertz CT molecular complexity index is 857. The first-order valence-corrected chi connectivity index (χ1v) is 8.98. The summed E-state index contributed by atoms with van der Waals surface area (Å²) < 4.78 is 7.36. The number of furan rings is 1. The monoisotopic (exact) mass is 356 g/mol. The van der Waals surface area contributed by atoms with Gasteiger partial charge in [0.15, 0.2) is 11.0 Å². The molecular weight excluding hydrogens is 336 g/mol. The number of rotatable bonds is 6. The zero-order valence-electron chi connectivity index (χ0n) is 14.4. The molecule has 3 rings (SSSR count). The fourth-order valence-corrected chi connectivity index (χ4v) is 3.37. The number of aromatic nitrogens is 3. The number of amides is 1. The molecule has 0 aliphatic rings. The third-order valence-corrected chi connectivity index (χ3v) is 4.91. The molecule has 0 aliphatic carbocycles. The van der Waals surface area contributed by atoms with Crippen molar-refractivity contribution < 1.29 is 9.21 Å². The Morgan fingerprint density at radius 2 is 2.04 bits per heavy atom. The summed E-state index contributed by atoms with van der Waals surface area (Å²) in [5, 5.41) is 11.9. The van der Waals surface area contributed by atoms with Gasteiger partial charge < -0.3 is 14.3 Å². The average Bonchev–Trinajstić information content (AvgIpc) is 3.21. The quantitative estimate of drug-likeness (QED) is 0.676. The van der Waals surface area contributed by atoms with Crippen LogP contribution >= 0.6 is 11.8 Å². The normalized spacial score (nSPS) is 12.1. The highest BCUT2D eigenvalue weighted by molar-refractivity contribution is 8.00. The number of nitrogens with one attached hydrogen (secondary N) is 1. The van der Waals surface area contributed by atoms with Crippen LogP contribution in [0.2, 0.25) is 0 Å². The van der Waals surface area contributed by atoms with Gasteiger partial charge in [-0.05, 0) is 39.0 Å². The van der Waals surface area contributed by atoms with E-state index in [-0.39, 0.29) is 11.2 Å². The Hall–Kier alpha value is -2.54. The molecule has 7 heteroatoms. The molecule has 6 nitrogen and oxygen atoms in total. The number of nitrogens with zero attached hydrogens (tertiary/aromatic N) is 3. The number of hydrogen-bond donors (Lipinski definition) is 1. The van der Waals surface area contributed by atoms with Crippen molar-refractivity contribution >= 4 is 23.4 Å². The van der Waals surface area contributed by atoms with E-state index in [1.165, 1.54) is 11.8 Å². The second kappa shape index (κ2) is 7.57. The van der Waals surface area contributed by atoms with E-state index in [0.29, 0.717) is 11.7 Å². The van der Waals surface area contributed by atoms with E-state index in [1.54, 1.807) is 6.26 Å². The number of hydrogen-bond acceptors (Lipinski definition) is 5. The summed E-state index contributed by atoms with van der Waals surface area (Å²) in [4.78, 5) is 12.4. The molecule has 0 spiro atoms. The van der Waals surface area contributed by atoms with Gasteiger partial charge >= 0.3 is 0 Å². The molecule has 1 atom stereocenters. The standard InChI is InChI=1S/C18H20N4O2S/c1-4-22-16(15-10-11-24-12(15)2)20-21-18(22)25-13(3)17(23)19-14-8-6-5-7-9-14/h5-11,13H,4H2,1-3H3,(H,19,23)/t13-/m1/s1. The smallest absolute Gasteiger partial charge is 0.237 e. The number of aryl methyl sites for hydroxylation is 1. The maximum atomic E-state index is 12.4. The molecule has 0 saturated carbocycles. The van der Waals surface area contributed by atoms with Crippen molar-refractivity contribution in [1.29, 1.82) is 0 Å². The molecule has 2 heterocycles. The van der Waals surface area contributed by atoms with Crippen LogP contribution in [0.25, 0.3) is 11.4 Å². The van der Waals surface area contributed by atoms with Gasteiger partial charge in [0.2, 0.25) is 5.91 Å². The van der Waals surface area contributed by atoms with Gasteiger partial charge in [-0.3, -0.25) is 4.79 Å². The zero-order chi connectivity index (χ0) is 17.8. The molecule has 3 aromatic rings. The highest BCUT2D eigenvalue weighted by Crippen LogP contribution is 2.29. The second-order valence-corrected chi connectivity index (χ2v) is 6.86. The van der Waals surface area contributed by atoms with Gasteiger partial charge in [0.1, 0.15) is 5.76 Å². The van der Waals surface area contributed by atoms with Gasteiger partial charge in [-0.1, -0.05) is 30.0 Å². The van der Waals surface area contributed by atoms with Gasteiger partial charge in [0.05, 0.1) is 17.1 Å². The van der Waals surface area contributed by atoms with Crippen LogP contribution in [-0.2, 0) is 11.3 Å². The number of para-hydroxylation sites is 1.